The summed E-state index contributed by atoms with van der Waals surface area (Å²) >= 11 is 5.53. The summed E-state index contributed by atoms with van der Waals surface area (Å²) in [5.41, 5.74) is -1.76. The van der Waals surface area contributed by atoms with Gasteiger partial charge in [-0.25, -0.2) is 9.97 Å². The minimum absolute atomic E-state index is 0.605. The summed E-state index contributed by atoms with van der Waals surface area (Å²) in [6, 6.07) is 0. The molecule has 4 nitrogen and oxygen atoms in total. The zero-order chi connectivity index (χ0) is 18.4. The van der Waals surface area contributed by atoms with Crippen LogP contribution in [0.4, 0.5) is 0 Å². The molecule has 0 saturated carbocycles. The Morgan fingerprint density at radius 2 is 2.64 bits per heavy atom. The van der Waals surface area contributed by atoms with E-state index in [9.17, 15) is 10.0 Å². The van der Waals surface area contributed by atoms with Crippen LogP contribution in [0.2, 0.25) is 5.28 Å². The minimum atomic E-state index is -3.62. The van der Waals surface area contributed by atoms with Crippen LogP contribution in [-0.4, -0.2) is 27.1 Å². The summed E-state index contributed by atoms with van der Waals surface area (Å²) in [5, 5.41) is 18.0. The van der Waals surface area contributed by atoms with Gasteiger partial charge in [-0.05, 0) is 23.9 Å². The predicted octanol–water partition coefficient (Wildman–Crippen LogP) is 0.323. The van der Waals surface area contributed by atoms with Crippen LogP contribution >= 0.6 is 11.6 Å². The van der Waals surface area contributed by atoms with Crippen molar-refractivity contribution in [3.05, 3.63) is 17.2 Å². The molecule has 0 fully saturated rings. The number of hydrogen-bond acceptors (Lipinski definition) is 4. The van der Waals surface area contributed by atoms with Gasteiger partial charge in [0.1, 0.15) is 0 Å². The molecule has 0 aromatic carbocycles. The zero-order valence-electron chi connectivity index (χ0n) is 15.8. The van der Waals surface area contributed by atoms with E-state index in [-0.39, 0.29) is 0 Å². The van der Waals surface area contributed by atoms with Gasteiger partial charge in [-0.2, -0.15) is 0 Å². The molecule has 0 bridgehead atoms. The molecule has 0 aliphatic carbocycles. The Balaban J connectivity index is 3.87. The van der Waals surface area contributed by atoms with E-state index in [1.165, 1.54) is 0 Å². The summed E-state index contributed by atoms with van der Waals surface area (Å²) in [6.45, 7) is -7.04. The fourth-order valence-electron chi connectivity index (χ4n) is 0.818. The molecular weight excluding hydrogens is 202 g/mol. The van der Waals surface area contributed by atoms with Crippen LogP contribution in [0.5, 0.6) is 0 Å². The highest BCUT2D eigenvalue weighted by Crippen LogP contribution is 2.15. The number of rotatable bonds is 3. The van der Waals surface area contributed by atoms with Crippen molar-refractivity contribution < 1.29 is 22.4 Å². The predicted molar refractivity (Wildman–Crippen MR) is 55.6 cm³/mol. The van der Waals surface area contributed by atoms with Crippen molar-refractivity contribution in [2.45, 2.75) is 26.0 Å². The molecule has 0 saturated heterocycles. The van der Waals surface area contributed by atoms with E-state index in [2.05, 4.69) is 9.97 Å². The van der Waals surface area contributed by atoms with Crippen molar-refractivity contribution in [3.63, 3.8) is 0 Å². The minimum Gasteiger partial charge on any atom is -0.423 e. The van der Waals surface area contributed by atoms with Gasteiger partial charge in [0.25, 0.3) is 0 Å². The van der Waals surface area contributed by atoms with Gasteiger partial charge in [-0.3, -0.25) is 0 Å². The molecule has 1 rings (SSSR count). The Hall–Kier alpha value is -0.645. The first-order chi connectivity index (χ1) is 10.1. The lowest BCUT2D eigenvalue weighted by molar-refractivity contribution is 0.424. The van der Waals surface area contributed by atoms with Crippen molar-refractivity contribution in [2.75, 3.05) is 0 Å². The third-order valence-electron chi connectivity index (χ3n) is 1.43. The maximum absolute atomic E-state index is 9.30. The molecule has 0 aliphatic rings. The lowest BCUT2D eigenvalue weighted by Gasteiger charge is -2.12. The first-order valence-electron chi connectivity index (χ1n) is 7.96. The standard InChI is InChI=1S/C8H12BClN2O2/c1-3-5(2)7-6(9(13)14)4-11-8(10)12-7/h4-5,13-14H,3H2,1-2H3/i1D3,2D3,3D2,5D. The summed E-state index contributed by atoms with van der Waals surface area (Å²) in [4.78, 5) is 6.81. The Labute approximate surface area is 101 Å². The smallest absolute Gasteiger partial charge is 0.423 e. The van der Waals surface area contributed by atoms with Gasteiger partial charge in [0.05, 0.1) is 0 Å². The summed E-state index contributed by atoms with van der Waals surface area (Å²) < 4.78 is 67.7. The monoisotopic (exact) mass is 223 g/mol. The molecule has 6 heteroatoms. The first kappa shape index (κ1) is 4.08. The van der Waals surface area contributed by atoms with Gasteiger partial charge in [0.15, 0.2) is 0 Å². The highest BCUT2D eigenvalue weighted by Gasteiger charge is 2.21. The van der Waals surface area contributed by atoms with Gasteiger partial charge in [-0.15, -0.1) is 0 Å². The molecule has 0 spiro atoms. The van der Waals surface area contributed by atoms with Gasteiger partial charge >= 0.3 is 7.12 Å². The van der Waals surface area contributed by atoms with Gasteiger partial charge in [-0.1, -0.05) is 13.7 Å². The van der Waals surface area contributed by atoms with E-state index >= 15 is 0 Å². The Bertz CT molecular complexity index is 594. The van der Waals surface area contributed by atoms with E-state index in [4.69, 9.17) is 23.9 Å². The molecular formula is C8H12BClN2O2. The van der Waals surface area contributed by atoms with Crippen LogP contribution < -0.4 is 5.46 Å². The van der Waals surface area contributed by atoms with Gasteiger partial charge < -0.3 is 10.0 Å². The highest BCUT2D eigenvalue weighted by atomic mass is 35.5. The largest absolute Gasteiger partial charge is 0.491 e. The number of halogens is 1. The number of aromatic nitrogens is 2. The van der Waals surface area contributed by atoms with E-state index < -0.39 is 49.5 Å². The van der Waals surface area contributed by atoms with E-state index in [0.717, 1.165) is 0 Å². The molecule has 76 valence electrons. The van der Waals surface area contributed by atoms with Gasteiger partial charge in [0, 0.05) is 29.7 Å². The maximum Gasteiger partial charge on any atom is 0.491 e. The second-order valence-corrected chi connectivity index (χ2v) is 2.65. The molecule has 1 heterocycles. The van der Waals surface area contributed by atoms with E-state index in [0.29, 0.717) is 6.20 Å². The lowest BCUT2D eigenvalue weighted by Crippen LogP contribution is -2.35. The van der Waals surface area contributed by atoms with Crippen molar-refractivity contribution in [1.29, 1.82) is 0 Å². The van der Waals surface area contributed by atoms with Crippen LogP contribution in [0.1, 0.15) is 44.0 Å². The molecule has 0 radical (unpaired) electrons. The van der Waals surface area contributed by atoms with Crippen LogP contribution in [0.3, 0.4) is 0 Å². The van der Waals surface area contributed by atoms with Crippen molar-refractivity contribution >= 4 is 24.2 Å². The van der Waals surface area contributed by atoms with Crippen molar-refractivity contribution in [3.8, 4) is 0 Å². The second kappa shape index (κ2) is 4.73. The third kappa shape index (κ3) is 2.44. The van der Waals surface area contributed by atoms with Crippen LogP contribution in [0.25, 0.3) is 0 Å². The molecule has 0 amide bonds. The molecule has 0 aliphatic heterocycles. The summed E-state index contributed by atoms with van der Waals surface area (Å²) in [5.74, 6) is -3.46. The van der Waals surface area contributed by atoms with Crippen molar-refractivity contribution in [1.82, 2.24) is 9.97 Å². The Morgan fingerprint density at radius 1 is 1.86 bits per heavy atom. The average molecular weight is 224 g/mol. The quantitative estimate of drug-likeness (QED) is 0.572. The number of nitrogens with zero attached hydrogens (tertiary/aromatic N) is 2. The van der Waals surface area contributed by atoms with Crippen LogP contribution in [0.15, 0.2) is 6.20 Å². The SMILES string of the molecule is [2H]C([2H])([2H])C([2H])([2H])C([2H])(c1nc(Cl)ncc1B(O)O)C([2H])([2H])[2H]. The highest BCUT2D eigenvalue weighted by molar-refractivity contribution is 6.59. The average Bonchev–Trinajstić information content (AvgIpc) is 2.34. The molecule has 1 aromatic heterocycles. The molecule has 1 unspecified atom stereocenters. The second-order valence-electron chi connectivity index (χ2n) is 2.32. The molecule has 1 atom stereocenters. The summed E-state index contributed by atoms with van der Waals surface area (Å²) in [6.07, 6.45) is -2.92. The molecule has 2 N–H and O–H groups in total. The van der Waals surface area contributed by atoms with E-state index in [1.54, 1.807) is 0 Å². The van der Waals surface area contributed by atoms with Gasteiger partial charge in [0.2, 0.25) is 5.28 Å². The fourth-order valence-corrected chi connectivity index (χ4v) is 0.951. The maximum atomic E-state index is 9.30. The van der Waals surface area contributed by atoms with Crippen LogP contribution in [0, 0.1) is 0 Å². The lowest BCUT2D eigenvalue weighted by atomic mass is 9.77. The molecule has 1 aromatic rings. The first-order valence-corrected chi connectivity index (χ1v) is 3.84. The fraction of sp³-hybridized carbons (Fsp3) is 0.500. The normalized spacial score (nSPS) is 27.2. The Kier molecular flexibility index (Phi) is 1.38. The van der Waals surface area contributed by atoms with Crippen molar-refractivity contribution in [2.24, 2.45) is 0 Å². The number of hydrogen-bond donors (Lipinski definition) is 2. The molecule has 14 heavy (non-hydrogen) atoms. The van der Waals surface area contributed by atoms with Crippen LogP contribution in [-0.2, 0) is 0 Å². The zero-order valence-corrected chi connectivity index (χ0v) is 7.58. The Morgan fingerprint density at radius 3 is 3.21 bits per heavy atom. The topological polar surface area (TPSA) is 66.2 Å². The summed E-state index contributed by atoms with van der Waals surface area (Å²) in [7, 11) is -2.36. The third-order valence-corrected chi connectivity index (χ3v) is 1.61. The van der Waals surface area contributed by atoms with E-state index in [1.807, 2.05) is 0 Å².